The van der Waals surface area contributed by atoms with Crippen LogP contribution in [0.4, 0.5) is 0 Å². The van der Waals surface area contributed by atoms with Gasteiger partial charge in [0.25, 0.3) is 0 Å². The summed E-state index contributed by atoms with van der Waals surface area (Å²) in [6.45, 7) is 3.67. The molecule has 92 valence electrons. The Kier molecular flexibility index (Phi) is 3.36. The molecule has 0 bridgehead atoms. The Hall–Kier alpha value is -1.51. The average Bonchev–Trinajstić information content (AvgIpc) is 2.22. The van der Waals surface area contributed by atoms with Gasteiger partial charge in [0.2, 0.25) is 0 Å². The Bertz CT molecular complexity index is 419. The topological polar surface area (TPSA) is 35.5 Å². The van der Waals surface area contributed by atoms with Crippen molar-refractivity contribution < 1.29 is 14.3 Å². The molecule has 2 rings (SSSR count). The summed E-state index contributed by atoms with van der Waals surface area (Å²) >= 11 is 0. The Labute approximate surface area is 102 Å². The van der Waals surface area contributed by atoms with E-state index in [4.69, 9.17) is 9.47 Å². The summed E-state index contributed by atoms with van der Waals surface area (Å²) in [6, 6.07) is 5.87. The molecule has 1 aliphatic rings. The van der Waals surface area contributed by atoms with Gasteiger partial charge in [0.15, 0.2) is 11.5 Å². The first-order chi connectivity index (χ1) is 8.10. The lowest BCUT2D eigenvalue weighted by Crippen LogP contribution is -2.37. The number of ketones is 1. The van der Waals surface area contributed by atoms with Crippen LogP contribution in [0.15, 0.2) is 18.2 Å². The molecule has 3 nitrogen and oxygen atoms in total. The smallest absolute Gasteiger partial charge is 0.161 e. The zero-order valence-electron chi connectivity index (χ0n) is 10.5. The largest absolute Gasteiger partial charge is 0.493 e. The molecular weight excluding hydrogens is 216 g/mol. The highest BCUT2D eigenvalue weighted by atomic mass is 16.5. The molecule has 1 aromatic carbocycles. The minimum absolute atomic E-state index is 0.152. The molecule has 0 atom stereocenters. The molecule has 0 aromatic heterocycles. The molecule has 1 aromatic rings. The summed E-state index contributed by atoms with van der Waals surface area (Å²) in [5, 5.41) is 0. The molecule has 17 heavy (non-hydrogen) atoms. The minimum Gasteiger partial charge on any atom is -0.493 e. The first-order valence-corrected chi connectivity index (χ1v) is 5.92. The molecular formula is C14H18O3. The molecule has 0 spiro atoms. The van der Waals surface area contributed by atoms with E-state index in [9.17, 15) is 4.79 Å². The van der Waals surface area contributed by atoms with Crippen LogP contribution in [0, 0.1) is 12.8 Å². The van der Waals surface area contributed by atoms with E-state index in [1.165, 1.54) is 0 Å². The lowest BCUT2D eigenvalue weighted by Gasteiger charge is -2.34. The van der Waals surface area contributed by atoms with E-state index in [1.807, 2.05) is 25.1 Å². The van der Waals surface area contributed by atoms with Gasteiger partial charge in [0, 0.05) is 5.92 Å². The Balaban J connectivity index is 2.00. The molecule has 3 heteroatoms. The van der Waals surface area contributed by atoms with Crippen LogP contribution in [0.1, 0.15) is 25.3 Å². The van der Waals surface area contributed by atoms with Gasteiger partial charge in [-0.2, -0.15) is 0 Å². The molecule has 1 aliphatic carbocycles. The Morgan fingerprint density at radius 1 is 1.29 bits per heavy atom. The second-order valence-electron chi connectivity index (χ2n) is 4.67. The van der Waals surface area contributed by atoms with Gasteiger partial charge < -0.3 is 9.47 Å². The van der Waals surface area contributed by atoms with E-state index in [0.29, 0.717) is 0 Å². The fourth-order valence-electron chi connectivity index (χ4n) is 2.05. The van der Waals surface area contributed by atoms with Crippen LogP contribution < -0.4 is 9.47 Å². The van der Waals surface area contributed by atoms with Gasteiger partial charge in [-0.3, -0.25) is 4.79 Å². The van der Waals surface area contributed by atoms with Crippen molar-refractivity contribution >= 4 is 5.78 Å². The number of methoxy groups -OCH3 is 1. The lowest BCUT2D eigenvalue weighted by molar-refractivity contribution is -0.126. The van der Waals surface area contributed by atoms with Crippen LogP contribution in [0.2, 0.25) is 0 Å². The van der Waals surface area contributed by atoms with Crippen molar-refractivity contribution in [3.05, 3.63) is 23.8 Å². The van der Waals surface area contributed by atoms with Crippen molar-refractivity contribution in [2.75, 3.05) is 7.11 Å². The first-order valence-electron chi connectivity index (χ1n) is 5.92. The number of rotatable bonds is 4. The summed E-state index contributed by atoms with van der Waals surface area (Å²) in [4.78, 5) is 11.1. The maximum Gasteiger partial charge on any atom is 0.161 e. The lowest BCUT2D eigenvalue weighted by atomic mass is 9.80. The zero-order valence-corrected chi connectivity index (χ0v) is 10.5. The maximum absolute atomic E-state index is 11.1. The summed E-state index contributed by atoms with van der Waals surface area (Å²) in [7, 11) is 1.64. The first kappa shape index (κ1) is 12.0. The normalized spacial score (nSPS) is 22.8. The number of hydrogen-bond donors (Lipinski definition) is 0. The standard InChI is InChI=1S/C14H18O3/c1-9-4-5-13(16-3)14(6-9)17-12-7-11(8-12)10(2)15/h4-6,11-12H,7-8H2,1-3H3. The quantitative estimate of drug-likeness (QED) is 0.803. The van der Waals surface area contributed by atoms with Crippen molar-refractivity contribution in [3.63, 3.8) is 0 Å². The van der Waals surface area contributed by atoms with Crippen molar-refractivity contribution in [2.24, 2.45) is 5.92 Å². The van der Waals surface area contributed by atoms with Gasteiger partial charge in [-0.15, -0.1) is 0 Å². The fourth-order valence-corrected chi connectivity index (χ4v) is 2.05. The van der Waals surface area contributed by atoms with E-state index in [0.717, 1.165) is 29.9 Å². The molecule has 0 heterocycles. The predicted octanol–water partition coefficient (Wildman–Crippen LogP) is 2.75. The molecule has 1 saturated carbocycles. The SMILES string of the molecule is COc1ccc(C)cc1OC1CC(C(C)=O)C1. The Morgan fingerprint density at radius 2 is 2.00 bits per heavy atom. The van der Waals surface area contributed by atoms with Crippen LogP contribution in [-0.2, 0) is 4.79 Å². The van der Waals surface area contributed by atoms with Gasteiger partial charge in [0.05, 0.1) is 7.11 Å². The Morgan fingerprint density at radius 3 is 2.59 bits per heavy atom. The molecule has 0 amide bonds. The molecule has 0 saturated heterocycles. The van der Waals surface area contributed by atoms with E-state index in [-0.39, 0.29) is 17.8 Å². The summed E-state index contributed by atoms with van der Waals surface area (Å²) in [5.41, 5.74) is 1.14. The van der Waals surface area contributed by atoms with E-state index >= 15 is 0 Å². The van der Waals surface area contributed by atoms with Crippen molar-refractivity contribution in [2.45, 2.75) is 32.8 Å². The summed E-state index contributed by atoms with van der Waals surface area (Å²) < 4.78 is 11.1. The third-order valence-electron chi connectivity index (χ3n) is 3.28. The van der Waals surface area contributed by atoms with Crippen molar-refractivity contribution in [1.29, 1.82) is 0 Å². The molecule has 0 aliphatic heterocycles. The highest BCUT2D eigenvalue weighted by Crippen LogP contribution is 2.36. The number of hydrogen-bond acceptors (Lipinski definition) is 3. The molecule has 0 N–H and O–H groups in total. The van der Waals surface area contributed by atoms with Crippen molar-refractivity contribution in [3.8, 4) is 11.5 Å². The van der Waals surface area contributed by atoms with Gasteiger partial charge in [0.1, 0.15) is 11.9 Å². The van der Waals surface area contributed by atoms with E-state index in [1.54, 1.807) is 14.0 Å². The molecule has 0 radical (unpaired) electrons. The summed E-state index contributed by atoms with van der Waals surface area (Å²) in [6.07, 6.45) is 1.80. The number of carbonyl (C=O) groups excluding carboxylic acids is 1. The van der Waals surface area contributed by atoms with Crippen LogP contribution in [0.3, 0.4) is 0 Å². The van der Waals surface area contributed by atoms with Crippen LogP contribution in [-0.4, -0.2) is 19.0 Å². The predicted molar refractivity (Wildman–Crippen MR) is 65.6 cm³/mol. The van der Waals surface area contributed by atoms with Gasteiger partial charge in [-0.05, 0) is 44.4 Å². The van der Waals surface area contributed by atoms with Crippen LogP contribution >= 0.6 is 0 Å². The zero-order chi connectivity index (χ0) is 12.4. The number of carbonyl (C=O) groups is 1. The third kappa shape index (κ3) is 2.60. The number of aryl methyl sites for hydroxylation is 1. The van der Waals surface area contributed by atoms with E-state index in [2.05, 4.69) is 0 Å². The van der Waals surface area contributed by atoms with Crippen molar-refractivity contribution in [1.82, 2.24) is 0 Å². The second-order valence-corrected chi connectivity index (χ2v) is 4.67. The molecule has 1 fully saturated rings. The van der Waals surface area contributed by atoms with Crippen LogP contribution in [0.5, 0.6) is 11.5 Å². The second kappa shape index (κ2) is 4.78. The van der Waals surface area contributed by atoms with Gasteiger partial charge in [-0.25, -0.2) is 0 Å². The van der Waals surface area contributed by atoms with Crippen LogP contribution in [0.25, 0.3) is 0 Å². The number of ether oxygens (including phenoxy) is 2. The van der Waals surface area contributed by atoms with Gasteiger partial charge >= 0.3 is 0 Å². The third-order valence-corrected chi connectivity index (χ3v) is 3.28. The maximum atomic E-state index is 11.1. The number of benzene rings is 1. The number of Topliss-reactive ketones (excluding diaryl/α,β-unsaturated/α-hetero) is 1. The molecule has 0 unspecified atom stereocenters. The monoisotopic (exact) mass is 234 g/mol. The average molecular weight is 234 g/mol. The fraction of sp³-hybridized carbons (Fsp3) is 0.500. The highest BCUT2D eigenvalue weighted by Gasteiger charge is 2.34. The minimum atomic E-state index is 0.152. The van der Waals surface area contributed by atoms with Gasteiger partial charge in [-0.1, -0.05) is 6.07 Å². The highest BCUT2D eigenvalue weighted by molar-refractivity contribution is 5.79. The summed E-state index contributed by atoms with van der Waals surface area (Å²) in [5.74, 6) is 1.98. The van der Waals surface area contributed by atoms with E-state index < -0.39 is 0 Å².